The molecule has 0 saturated carbocycles. The molecule has 0 radical (unpaired) electrons. The molecule has 2 amide bonds. The zero-order valence-corrected chi connectivity index (χ0v) is 17.0. The fourth-order valence-electron chi connectivity index (χ4n) is 3.58. The van der Waals surface area contributed by atoms with Crippen LogP contribution in [0.2, 0.25) is 0 Å². The van der Waals surface area contributed by atoms with E-state index in [1.807, 2.05) is 36.4 Å². The first kappa shape index (κ1) is 21.8. The standard InChI is InChI=1S/C23H27NO6/c1-16(21-20(26)13-12-18(30-21)11-7-2-3-8-14-25)22(27)24-19(15-29-23(24)28)17-9-5-4-6-10-17/h4-6,9-13,16,19,21,25H,2-3,7-8,14-15H2,1H3. The first-order valence-corrected chi connectivity index (χ1v) is 10.3. The predicted molar refractivity (Wildman–Crippen MR) is 109 cm³/mol. The second kappa shape index (κ2) is 10.2. The molecule has 1 aromatic rings. The Balaban J connectivity index is 1.69. The van der Waals surface area contributed by atoms with Gasteiger partial charge in [-0.2, -0.15) is 0 Å². The van der Waals surface area contributed by atoms with Gasteiger partial charge in [0.1, 0.15) is 18.4 Å². The Morgan fingerprint density at radius 1 is 1.20 bits per heavy atom. The van der Waals surface area contributed by atoms with Gasteiger partial charge >= 0.3 is 6.09 Å². The molecule has 1 fully saturated rings. The fourth-order valence-corrected chi connectivity index (χ4v) is 3.58. The van der Waals surface area contributed by atoms with Gasteiger partial charge in [-0.3, -0.25) is 9.59 Å². The SMILES string of the molecule is CC(C(=O)N1C(=O)OCC1c1ccccc1)C1OC(=CCCCCCO)C=CC1=O. The highest BCUT2D eigenvalue weighted by Crippen LogP contribution is 2.31. The third kappa shape index (κ3) is 4.97. The van der Waals surface area contributed by atoms with Crippen LogP contribution in [0.5, 0.6) is 0 Å². The number of ketones is 1. The van der Waals surface area contributed by atoms with Crippen molar-refractivity contribution in [3.63, 3.8) is 0 Å². The topological polar surface area (TPSA) is 93.1 Å². The van der Waals surface area contributed by atoms with Gasteiger partial charge in [0.15, 0.2) is 11.9 Å². The minimum Gasteiger partial charge on any atom is -0.482 e. The molecular formula is C23H27NO6. The van der Waals surface area contributed by atoms with E-state index in [1.54, 1.807) is 13.0 Å². The van der Waals surface area contributed by atoms with Crippen LogP contribution in [-0.4, -0.2) is 47.1 Å². The summed E-state index contributed by atoms with van der Waals surface area (Å²) in [7, 11) is 0. The van der Waals surface area contributed by atoms with Crippen molar-refractivity contribution in [3.8, 4) is 0 Å². The van der Waals surface area contributed by atoms with Gasteiger partial charge in [-0.15, -0.1) is 0 Å². The maximum atomic E-state index is 13.1. The second-order valence-electron chi connectivity index (χ2n) is 7.45. The molecule has 2 heterocycles. The number of imide groups is 1. The Morgan fingerprint density at radius 2 is 1.97 bits per heavy atom. The number of carbonyl (C=O) groups excluding carboxylic acids is 3. The fraction of sp³-hybridized carbons (Fsp3) is 0.435. The van der Waals surface area contributed by atoms with Crippen LogP contribution in [0.25, 0.3) is 0 Å². The number of amides is 2. The molecule has 0 spiro atoms. The molecule has 1 aromatic carbocycles. The number of nitrogens with zero attached hydrogens (tertiary/aromatic N) is 1. The van der Waals surface area contributed by atoms with E-state index in [4.69, 9.17) is 14.6 Å². The van der Waals surface area contributed by atoms with Gasteiger partial charge in [0.05, 0.1) is 5.92 Å². The number of benzene rings is 1. The molecule has 3 rings (SSSR count). The lowest BCUT2D eigenvalue weighted by Gasteiger charge is -2.29. The van der Waals surface area contributed by atoms with Gasteiger partial charge in [-0.1, -0.05) is 36.8 Å². The number of allylic oxidation sites excluding steroid dienone is 2. The highest BCUT2D eigenvalue weighted by atomic mass is 16.6. The predicted octanol–water partition coefficient (Wildman–Crippen LogP) is 3.30. The first-order chi connectivity index (χ1) is 14.5. The Hall–Kier alpha value is -2.93. The maximum Gasteiger partial charge on any atom is 0.417 e. The minimum atomic E-state index is -0.990. The van der Waals surface area contributed by atoms with Crippen LogP contribution in [-0.2, 0) is 19.1 Å². The quantitative estimate of drug-likeness (QED) is 0.658. The van der Waals surface area contributed by atoms with E-state index < -0.39 is 30.1 Å². The van der Waals surface area contributed by atoms with Gasteiger partial charge in [0.2, 0.25) is 5.91 Å². The van der Waals surface area contributed by atoms with E-state index in [0.717, 1.165) is 36.1 Å². The van der Waals surface area contributed by atoms with Crippen LogP contribution in [0.1, 0.15) is 44.2 Å². The van der Waals surface area contributed by atoms with E-state index in [9.17, 15) is 14.4 Å². The van der Waals surface area contributed by atoms with Crippen molar-refractivity contribution >= 4 is 17.8 Å². The molecule has 2 aliphatic rings. The van der Waals surface area contributed by atoms with Crippen LogP contribution < -0.4 is 0 Å². The summed E-state index contributed by atoms with van der Waals surface area (Å²) in [5.41, 5.74) is 0.795. The molecule has 3 atom stereocenters. The number of carbonyl (C=O) groups is 3. The van der Waals surface area contributed by atoms with E-state index in [-0.39, 0.29) is 19.0 Å². The van der Waals surface area contributed by atoms with Gasteiger partial charge < -0.3 is 14.6 Å². The Bertz CT molecular complexity index is 831. The van der Waals surface area contributed by atoms with Crippen molar-refractivity contribution < 1.29 is 29.0 Å². The summed E-state index contributed by atoms with van der Waals surface area (Å²) in [6, 6.07) is 8.67. The van der Waals surface area contributed by atoms with Gasteiger partial charge in [0, 0.05) is 6.61 Å². The minimum absolute atomic E-state index is 0.0830. The van der Waals surface area contributed by atoms with Crippen molar-refractivity contribution in [1.29, 1.82) is 0 Å². The molecule has 0 bridgehead atoms. The van der Waals surface area contributed by atoms with Crippen molar-refractivity contribution in [2.24, 2.45) is 5.92 Å². The average molecular weight is 413 g/mol. The number of ether oxygens (including phenoxy) is 2. The Morgan fingerprint density at radius 3 is 2.70 bits per heavy atom. The van der Waals surface area contributed by atoms with Crippen molar-refractivity contribution in [1.82, 2.24) is 4.90 Å². The molecular weight excluding hydrogens is 386 g/mol. The summed E-state index contributed by atoms with van der Waals surface area (Å²) in [4.78, 5) is 38.9. The number of cyclic esters (lactones) is 1. The molecule has 2 aliphatic heterocycles. The summed E-state index contributed by atoms with van der Waals surface area (Å²) in [6.07, 6.45) is 6.48. The van der Waals surface area contributed by atoms with Crippen molar-refractivity contribution in [2.75, 3.05) is 13.2 Å². The third-order valence-electron chi connectivity index (χ3n) is 5.30. The number of unbranched alkanes of at least 4 members (excludes halogenated alkanes) is 3. The number of hydrogen-bond donors (Lipinski definition) is 1. The number of hydrogen-bond acceptors (Lipinski definition) is 6. The Kier molecular flexibility index (Phi) is 7.41. The molecule has 30 heavy (non-hydrogen) atoms. The van der Waals surface area contributed by atoms with Crippen molar-refractivity contribution in [3.05, 3.63) is 59.9 Å². The van der Waals surface area contributed by atoms with Crippen LogP contribution >= 0.6 is 0 Å². The molecule has 7 nitrogen and oxygen atoms in total. The smallest absolute Gasteiger partial charge is 0.417 e. The van der Waals surface area contributed by atoms with Crippen LogP contribution in [0.3, 0.4) is 0 Å². The average Bonchev–Trinajstić information content (AvgIpc) is 3.15. The summed E-state index contributed by atoms with van der Waals surface area (Å²) >= 11 is 0. The molecule has 160 valence electrons. The van der Waals surface area contributed by atoms with E-state index >= 15 is 0 Å². The Labute approximate surface area is 176 Å². The second-order valence-corrected chi connectivity index (χ2v) is 7.45. The van der Waals surface area contributed by atoms with E-state index in [1.165, 1.54) is 6.08 Å². The maximum absolute atomic E-state index is 13.1. The lowest BCUT2D eigenvalue weighted by molar-refractivity contribution is -0.142. The summed E-state index contributed by atoms with van der Waals surface area (Å²) in [5.74, 6) is -1.12. The van der Waals surface area contributed by atoms with Crippen LogP contribution in [0.15, 0.2) is 54.3 Å². The van der Waals surface area contributed by atoms with Gasteiger partial charge in [-0.05, 0) is 50.0 Å². The first-order valence-electron chi connectivity index (χ1n) is 10.3. The lowest BCUT2D eigenvalue weighted by atomic mass is 9.95. The zero-order chi connectivity index (χ0) is 21.5. The molecule has 0 aromatic heterocycles. The largest absolute Gasteiger partial charge is 0.482 e. The summed E-state index contributed by atoms with van der Waals surface area (Å²) in [6.45, 7) is 1.85. The molecule has 1 N–H and O–H groups in total. The van der Waals surface area contributed by atoms with E-state index in [0.29, 0.717) is 5.76 Å². The number of aliphatic hydroxyl groups is 1. The third-order valence-corrected chi connectivity index (χ3v) is 5.30. The monoisotopic (exact) mass is 413 g/mol. The highest BCUT2D eigenvalue weighted by molar-refractivity contribution is 6.01. The molecule has 3 unspecified atom stereocenters. The molecule has 0 aliphatic carbocycles. The van der Waals surface area contributed by atoms with Gasteiger partial charge in [-0.25, -0.2) is 9.69 Å². The van der Waals surface area contributed by atoms with Crippen LogP contribution in [0.4, 0.5) is 4.79 Å². The lowest BCUT2D eigenvalue weighted by Crippen LogP contribution is -2.45. The number of rotatable bonds is 8. The van der Waals surface area contributed by atoms with E-state index in [2.05, 4.69) is 0 Å². The molecule has 7 heteroatoms. The van der Waals surface area contributed by atoms with Crippen molar-refractivity contribution in [2.45, 2.75) is 44.8 Å². The highest BCUT2D eigenvalue weighted by Gasteiger charge is 2.44. The van der Waals surface area contributed by atoms with Crippen LogP contribution in [0, 0.1) is 5.92 Å². The zero-order valence-electron chi connectivity index (χ0n) is 17.0. The molecule has 1 saturated heterocycles. The summed E-state index contributed by atoms with van der Waals surface area (Å²) < 4.78 is 10.9. The summed E-state index contributed by atoms with van der Waals surface area (Å²) in [5, 5.41) is 8.83. The normalized spacial score (nSPS) is 23.4. The number of aliphatic hydroxyl groups excluding tert-OH is 1. The van der Waals surface area contributed by atoms with Gasteiger partial charge in [0.25, 0.3) is 0 Å².